The van der Waals surface area contributed by atoms with Gasteiger partial charge in [0.1, 0.15) is 13.2 Å². The minimum atomic E-state index is -0.837. The van der Waals surface area contributed by atoms with Crippen molar-refractivity contribution < 1.29 is 28.6 Å². The SMILES string of the molecule is CC\C=C/C=C\C=C/C=C\CCCCCCCC(=O)OCC(COC(=O)CC/C=C\C/C=C\C/C=C\C/C=C\C/C=C\C/C=C\CC)OC(=O)CCCCCCCC/C=C\C/C=C\C/C=C\C/C=C\CC. The van der Waals surface area contributed by atoms with E-state index in [1.54, 1.807) is 0 Å². The molecular formula is C65H98O6. The summed E-state index contributed by atoms with van der Waals surface area (Å²) in [4.78, 5) is 38.1. The molecule has 71 heavy (non-hydrogen) atoms. The molecule has 0 rings (SSSR count). The Morgan fingerprint density at radius 1 is 0.296 bits per heavy atom. The van der Waals surface area contributed by atoms with Crippen molar-refractivity contribution in [3.05, 3.63) is 170 Å². The normalized spacial score (nSPS) is 13.5. The summed E-state index contributed by atoms with van der Waals surface area (Å²) >= 11 is 0. The molecule has 0 N–H and O–H groups in total. The molecule has 0 aliphatic carbocycles. The number of allylic oxidation sites excluding steroid dienone is 28. The summed E-state index contributed by atoms with van der Waals surface area (Å²) in [6, 6.07) is 0. The molecule has 0 radical (unpaired) electrons. The van der Waals surface area contributed by atoms with Crippen LogP contribution in [0.4, 0.5) is 0 Å². The topological polar surface area (TPSA) is 78.9 Å². The van der Waals surface area contributed by atoms with Crippen molar-refractivity contribution in [1.29, 1.82) is 0 Å². The van der Waals surface area contributed by atoms with Crippen LogP contribution in [0.1, 0.15) is 201 Å². The van der Waals surface area contributed by atoms with Gasteiger partial charge in [0, 0.05) is 19.3 Å². The molecule has 6 heteroatoms. The van der Waals surface area contributed by atoms with Crippen molar-refractivity contribution in [3.8, 4) is 0 Å². The lowest BCUT2D eigenvalue weighted by molar-refractivity contribution is -0.166. The van der Waals surface area contributed by atoms with Crippen LogP contribution in [-0.2, 0) is 28.6 Å². The Hall–Kier alpha value is -5.23. The Morgan fingerprint density at radius 3 is 1.04 bits per heavy atom. The van der Waals surface area contributed by atoms with E-state index in [9.17, 15) is 14.4 Å². The number of rotatable bonds is 47. The third kappa shape index (κ3) is 55.6. The van der Waals surface area contributed by atoms with Gasteiger partial charge in [-0.2, -0.15) is 0 Å². The molecule has 394 valence electrons. The first kappa shape index (κ1) is 65.8. The average Bonchev–Trinajstić information content (AvgIpc) is 3.37. The lowest BCUT2D eigenvalue weighted by Crippen LogP contribution is -2.30. The van der Waals surface area contributed by atoms with E-state index in [-0.39, 0.29) is 44.0 Å². The minimum absolute atomic E-state index is 0.129. The van der Waals surface area contributed by atoms with Gasteiger partial charge in [-0.25, -0.2) is 0 Å². The predicted molar refractivity (Wildman–Crippen MR) is 306 cm³/mol. The maximum absolute atomic E-state index is 12.9. The quantitative estimate of drug-likeness (QED) is 0.0199. The van der Waals surface area contributed by atoms with Crippen molar-refractivity contribution in [2.24, 2.45) is 0 Å². The molecule has 0 bridgehead atoms. The second kappa shape index (κ2) is 57.3. The molecule has 0 aromatic rings. The maximum atomic E-state index is 12.9. The molecule has 0 spiro atoms. The Labute approximate surface area is 434 Å². The summed E-state index contributed by atoms with van der Waals surface area (Å²) in [5, 5.41) is 0. The Bertz CT molecular complexity index is 1690. The standard InChI is InChI=1S/C65H98O6/c1-4-7-10-13-16-19-22-25-28-30-32-34-37-40-43-46-49-52-55-58-64(67)70-61-62(60-69-63(66)57-54-51-48-45-42-39-36-27-24-21-18-15-12-9-6-3)71-65(68)59-56-53-50-47-44-41-38-35-33-31-29-26-23-20-17-14-11-8-5-2/h7-12,15-21,24-29,32-36,40,43,49,52,62H,4-6,13-14,22-23,30-31,37-39,41-42,44-48,50-51,53-61H2,1-3H3/b10-7-,11-8-,12-9-,18-15-,19-16-,20-17-,24-21-,28-25-,29-26-,34-32-,35-33-,36-27-,43-40-,52-49-. The third-order valence-electron chi connectivity index (χ3n) is 10.8. The zero-order chi connectivity index (χ0) is 51.4. The zero-order valence-corrected chi connectivity index (χ0v) is 44.9. The van der Waals surface area contributed by atoms with Gasteiger partial charge in [-0.15, -0.1) is 0 Å². The molecule has 1 atom stereocenters. The van der Waals surface area contributed by atoms with E-state index in [0.29, 0.717) is 12.8 Å². The number of ether oxygens (including phenoxy) is 3. The van der Waals surface area contributed by atoms with Crippen molar-refractivity contribution in [2.75, 3.05) is 13.2 Å². The second-order valence-corrected chi connectivity index (χ2v) is 17.4. The molecular weight excluding hydrogens is 877 g/mol. The molecule has 0 heterocycles. The van der Waals surface area contributed by atoms with Crippen molar-refractivity contribution in [1.82, 2.24) is 0 Å². The van der Waals surface area contributed by atoms with Gasteiger partial charge in [0.05, 0.1) is 0 Å². The average molecular weight is 975 g/mol. The van der Waals surface area contributed by atoms with Crippen LogP contribution in [0.3, 0.4) is 0 Å². The lowest BCUT2D eigenvalue weighted by Gasteiger charge is -2.18. The van der Waals surface area contributed by atoms with Crippen LogP contribution < -0.4 is 0 Å². The molecule has 0 aromatic carbocycles. The van der Waals surface area contributed by atoms with Gasteiger partial charge in [-0.05, 0) is 116 Å². The lowest BCUT2D eigenvalue weighted by atomic mass is 10.1. The first-order valence-corrected chi connectivity index (χ1v) is 27.7. The van der Waals surface area contributed by atoms with Crippen LogP contribution in [0, 0.1) is 0 Å². The van der Waals surface area contributed by atoms with Crippen LogP contribution in [0.5, 0.6) is 0 Å². The molecule has 0 saturated carbocycles. The maximum Gasteiger partial charge on any atom is 0.306 e. The number of carbonyl (C=O) groups is 3. The first-order chi connectivity index (χ1) is 35.0. The molecule has 0 aromatic heterocycles. The number of hydrogen-bond donors (Lipinski definition) is 0. The smallest absolute Gasteiger partial charge is 0.306 e. The molecule has 6 nitrogen and oxygen atoms in total. The number of hydrogen-bond acceptors (Lipinski definition) is 6. The number of carbonyl (C=O) groups excluding carboxylic acids is 3. The van der Waals surface area contributed by atoms with Crippen molar-refractivity contribution >= 4 is 17.9 Å². The molecule has 0 fully saturated rings. The molecule has 0 aliphatic heterocycles. The highest BCUT2D eigenvalue weighted by atomic mass is 16.6. The van der Waals surface area contributed by atoms with E-state index >= 15 is 0 Å². The fourth-order valence-electron chi connectivity index (χ4n) is 6.76. The molecule has 0 aliphatic rings. The van der Waals surface area contributed by atoms with Crippen LogP contribution in [0.2, 0.25) is 0 Å². The highest BCUT2D eigenvalue weighted by Gasteiger charge is 2.19. The predicted octanol–water partition coefficient (Wildman–Crippen LogP) is 18.8. The number of unbranched alkanes of at least 4 members (excludes halogenated alkanes) is 11. The van der Waals surface area contributed by atoms with E-state index < -0.39 is 6.10 Å². The summed E-state index contributed by atoms with van der Waals surface area (Å²) in [6.45, 7) is 6.15. The fourth-order valence-corrected chi connectivity index (χ4v) is 6.76. The monoisotopic (exact) mass is 975 g/mol. The van der Waals surface area contributed by atoms with E-state index in [1.807, 2.05) is 36.5 Å². The molecule has 1 unspecified atom stereocenters. The highest BCUT2D eigenvalue weighted by molar-refractivity contribution is 5.71. The van der Waals surface area contributed by atoms with E-state index in [2.05, 4.69) is 154 Å². The second-order valence-electron chi connectivity index (χ2n) is 17.4. The summed E-state index contributed by atoms with van der Waals surface area (Å²) in [7, 11) is 0. The Kier molecular flexibility index (Phi) is 53.1. The van der Waals surface area contributed by atoms with Gasteiger partial charge in [0.25, 0.3) is 0 Å². The first-order valence-electron chi connectivity index (χ1n) is 27.7. The summed E-state index contributed by atoms with van der Waals surface area (Å²) < 4.78 is 16.7. The summed E-state index contributed by atoms with van der Waals surface area (Å²) in [5.41, 5.74) is 0. The zero-order valence-electron chi connectivity index (χ0n) is 44.9. The van der Waals surface area contributed by atoms with Crippen LogP contribution in [-0.4, -0.2) is 37.2 Å². The molecule has 0 amide bonds. The highest BCUT2D eigenvalue weighted by Crippen LogP contribution is 2.12. The largest absolute Gasteiger partial charge is 0.462 e. The molecule has 0 saturated heterocycles. The van der Waals surface area contributed by atoms with Gasteiger partial charge in [-0.1, -0.05) is 236 Å². The van der Waals surface area contributed by atoms with E-state index in [4.69, 9.17) is 14.2 Å². The van der Waals surface area contributed by atoms with Gasteiger partial charge in [-0.3, -0.25) is 14.4 Å². The summed E-state index contributed by atoms with van der Waals surface area (Å²) in [5.74, 6) is -1.06. The van der Waals surface area contributed by atoms with Gasteiger partial charge < -0.3 is 14.2 Å². The van der Waals surface area contributed by atoms with Crippen LogP contribution >= 0.6 is 0 Å². The van der Waals surface area contributed by atoms with Crippen LogP contribution in [0.25, 0.3) is 0 Å². The fraction of sp³-hybridized carbons (Fsp3) is 0.523. The number of esters is 3. The van der Waals surface area contributed by atoms with E-state index in [1.165, 1.54) is 12.8 Å². The van der Waals surface area contributed by atoms with Crippen molar-refractivity contribution in [2.45, 2.75) is 207 Å². The Balaban J connectivity index is 4.61. The third-order valence-corrected chi connectivity index (χ3v) is 10.8. The van der Waals surface area contributed by atoms with Gasteiger partial charge in [0.2, 0.25) is 0 Å². The van der Waals surface area contributed by atoms with Crippen molar-refractivity contribution in [3.63, 3.8) is 0 Å². The summed E-state index contributed by atoms with van der Waals surface area (Å²) in [6.07, 6.45) is 84.9. The van der Waals surface area contributed by atoms with Gasteiger partial charge >= 0.3 is 17.9 Å². The van der Waals surface area contributed by atoms with E-state index in [0.717, 1.165) is 141 Å². The Morgan fingerprint density at radius 2 is 0.606 bits per heavy atom. The van der Waals surface area contributed by atoms with Gasteiger partial charge in [0.15, 0.2) is 6.10 Å². The van der Waals surface area contributed by atoms with Crippen LogP contribution in [0.15, 0.2) is 170 Å². The minimum Gasteiger partial charge on any atom is -0.462 e.